The van der Waals surface area contributed by atoms with Crippen LogP contribution in [-0.4, -0.2) is 73.3 Å². The van der Waals surface area contributed by atoms with Crippen molar-refractivity contribution in [3.8, 4) is 5.75 Å². The molecule has 0 aliphatic carbocycles. The van der Waals surface area contributed by atoms with Gasteiger partial charge < -0.3 is 24.2 Å². The van der Waals surface area contributed by atoms with Crippen LogP contribution >= 0.6 is 12.2 Å². The number of hydrogen-bond acceptors (Lipinski definition) is 8. The highest BCUT2D eigenvalue weighted by molar-refractivity contribution is 7.80. The Kier molecular flexibility index (Phi) is 8.72. The summed E-state index contributed by atoms with van der Waals surface area (Å²) in [7, 11) is 0. The molecule has 2 fully saturated rings. The van der Waals surface area contributed by atoms with Gasteiger partial charge in [0.15, 0.2) is 5.11 Å². The van der Waals surface area contributed by atoms with E-state index in [0.717, 1.165) is 11.3 Å². The molecule has 2 saturated heterocycles. The van der Waals surface area contributed by atoms with Crippen molar-refractivity contribution >= 4 is 40.3 Å². The van der Waals surface area contributed by atoms with Crippen molar-refractivity contribution < 1.29 is 19.2 Å². The fourth-order valence-corrected chi connectivity index (χ4v) is 5.06. The fraction of sp³-hybridized carbons (Fsp3) is 0.310. The molecule has 0 spiro atoms. The molecule has 2 aliphatic heterocycles. The fourth-order valence-electron chi connectivity index (χ4n) is 4.78. The molecule has 208 valence electrons. The summed E-state index contributed by atoms with van der Waals surface area (Å²) in [5, 5.41) is 14.8. The zero-order valence-corrected chi connectivity index (χ0v) is 22.8. The number of nitro groups is 1. The monoisotopic (exact) mass is 561 g/mol. The number of amides is 1. The number of benzene rings is 3. The van der Waals surface area contributed by atoms with Crippen LogP contribution in [0.4, 0.5) is 17.1 Å². The van der Waals surface area contributed by atoms with Gasteiger partial charge in [-0.15, -0.1) is 0 Å². The second-order valence-electron chi connectivity index (χ2n) is 9.56. The minimum absolute atomic E-state index is 0.101. The maximum absolute atomic E-state index is 12.8. The number of nitrogens with one attached hydrogen (secondary N) is 1. The van der Waals surface area contributed by atoms with Gasteiger partial charge in [-0.25, -0.2) is 0 Å². The van der Waals surface area contributed by atoms with Crippen LogP contribution in [-0.2, 0) is 11.3 Å². The summed E-state index contributed by atoms with van der Waals surface area (Å²) in [5.74, 6) is 0.412. The first-order valence-electron chi connectivity index (χ1n) is 13.2. The molecule has 2 heterocycles. The summed E-state index contributed by atoms with van der Waals surface area (Å²) >= 11 is 5.54. The van der Waals surface area contributed by atoms with E-state index in [-0.39, 0.29) is 16.5 Å². The van der Waals surface area contributed by atoms with E-state index >= 15 is 0 Å². The number of ether oxygens (including phenoxy) is 2. The maximum Gasteiger partial charge on any atom is 0.292 e. The van der Waals surface area contributed by atoms with Crippen molar-refractivity contribution in [2.75, 3.05) is 62.3 Å². The van der Waals surface area contributed by atoms with E-state index in [1.807, 2.05) is 46.2 Å². The molecule has 40 heavy (non-hydrogen) atoms. The van der Waals surface area contributed by atoms with Gasteiger partial charge in [0.1, 0.15) is 18.0 Å². The molecule has 0 bridgehead atoms. The van der Waals surface area contributed by atoms with Crippen LogP contribution in [0.2, 0.25) is 0 Å². The van der Waals surface area contributed by atoms with Gasteiger partial charge >= 0.3 is 0 Å². The Morgan fingerprint density at radius 2 is 1.62 bits per heavy atom. The first-order valence-corrected chi connectivity index (χ1v) is 13.6. The van der Waals surface area contributed by atoms with Crippen LogP contribution in [0.5, 0.6) is 5.75 Å². The van der Waals surface area contributed by atoms with E-state index in [0.29, 0.717) is 81.2 Å². The minimum Gasteiger partial charge on any atom is -0.489 e. The molecule has 0 atom stereocenters. The maximum atomic E-state index is 12.8. The van der Waals surface area contributed by atoms with E-state index in [2.05, 4.69) is 10.2 Å². The van der Waals surface area contributed by atoms with Crippen molar-refractivity contribution in [2.24, 2.45) is 0 Å². The predicted octanol–water partition coefficient (Wildman–Crippen LogP) is 3.85. The van der Waals surface area contributed by atoms with E-state index in [1.54, 1.807) is 36.4 Å². The molecule has 1 N–H and O–H groups in total. The molecular weight excluding hydrogens is 530 g/mol. The molecule has 1 amide bonds. The third-order valence-electron chi connectivity index (χ3n) is 7.02. The van der Waals surface area contributed by atoms with Crippen molar-refractivity contribution in [3.05, 3.63) is 94.0 Å². The molecule has 3 aromatic carbocycles. The van der Waals surface area contributed by atoms with Crippen LogP contribution in [0.25, 0.3) is 0 Å². The molecule has 0 radical (unpaired) electrons. The Labute approximate surface area is 238 Å². The topological polar surface area (TPSA) is 100 Å². The van der Waals surface area contributed by atoms with Gasteiger partial charge in [0.05, 0.1) is 18.1 Å². The van der Waals surface area contributed by atoms with Crippen molar-refractivity contribution in [3.63, 3.8) is 0 Å². The van der Waals surface area contributed by atoms with E-state index in [4.69, 9.17) is 21.7 Å². The zero-order chi connectivity index (χ0) is 27.9. The second-order valence-corrected chi connectivity index (χ2v) is 9.95. The lowest BCUT2D eigenvalue weighted by Crippen LogP contribution is -2.52. The zero-order valence-electron chi connectivity index (χ0n) is 22.0. The van der Waals surface area contributed by atoms with Crippen LogP contribution in [0, 0.1) is 10.1 Å². The average Bonchev–Trinajstić information content (AvgIpc) is 3.01. The number of carbonyl (C=O) groups is 1. The smallest absolute Gasteiger partial charge is 0.292 e. The Bertz CT molecular complexity index is 1340. The number of nitrogens with zero attached hydrogens (tertiary/aromatic N) is 4. The van der Waals surface area contributed by atoms with Gasteiger partial charge in [-0.2, -0.15) is 0 Å². The number of rotatable bonds is 7. The first kappa shape index (κ1) is 27.4. The first-order chi connectivity index (χ1) is 19.5. The van der Waals surface area contributed by atoms with Crippen LogP contribution < -0.4 is 19.9 Å². The van der Waals surface area contributed by atoms with Gasteiger partial charge in [0.25, 0.3) is 11.6 Å². The number of anilines is 2. The SMILES string of the molecule is O=C(NC(=S)N1CCN(c2ccc([N+](=O)[O-])c(N3CCOCC3)c2)CC1)c1ccc(OCc2ccccc2)cc1. The third kappa shape index (κ3) is 6.67. The summed E-state index contributed by atoms with van der Waals surface area (Å²) in [5.41, 5.74) is 3.21. The number of piperazine rings is 1. The van der Waals surface area contributed by atoms with E-state index in [9.17, 15) is 14.9 Å². The number of thiocarbonyl (C=S) groups is 1. The van der Waals surface area contributed by atoms with Crippen molar-refractivity contribution in [2.45, 2.75) is 6.61 Å². The Balaban J connectivity index is 1.14. The van der Waals surface area contributed by atoms with Crippen molar-refractivity contribution in [1.82, 2.24) is 10.2 Å². The Hall–Kier alpha value is -4.22. The molecule has 0 saturated carbocycles. The average molecular weight is 562 g/mol. The van der Waals surface area contributed by atoms with E-state index in [1.165, 1.54) is 0 Å². The lowest BCUT2D eigenvalue weighted by atomic mass is 10.1. The van der Waals surface area contributed by atoms with Gasteiger partial charge in [0.2, 0.25) is 0 Å². The highest BCUT2D eigenvalue weighted by Gasteiger charge is 2.25. The number of carbonyl (C=O) groups excluding carboxylic acids is 1. The second kappa shape index (κ2) is 12.8. The minimum atomic E-state index is -0.334. The summed E-state index contributed by atoms with van der Waals surface area (Å²) in [6.07, 6.45) is 0. The predicted molar refractivity (Wildman–Crippen MR) is 157 cm³/mol. The molecule has 2 aliphatic rings. The number of morpholine rings is 1. The molecule has 0 unspecified atom stereocenters. The Morgan fingerprint density at radius 1 is 0.925 bits per heavy atom. The summed E-state index contributed by atoms with van der Waals surface area (Å²) in [6, 6.07) is 22.1. The van der Waals surface area contributed by atoms with Crippen LogP contribution in [0.15, 0.2) is 72.8 Å². The third-order valence-corrected chi connectivity index (χ3v) is 7.39. The van der Waals surface area contributed by atoms with Gasteiger partial charge in [-0.1, -0.05) is 30.3 Å². The van der Waals surface area contributed by atoms with E-state index < -0.39 is 0 Å². The van der Waals surface area contributed by atoms with Gasteiger partial charge in [-0.3, -0.25) is 20.2 Å². The van der Waals surface area contributed by atoms with Crippen LogP contribution in [0.1, 0.15) is 15.9 Å². The summed E-state index contributed by atoms with van der Waals surface area (Å²) < 4.78 is 11.2. The normalized spacial score (nSPS) is 15.4. The molecule has 11 heteroatoms. The molecule has 0 aromatic heterocycles. The van der Waals surface area contributed by atoms with Crippen molar-refractivity contribution in [1.29, 1.82) is 0 Å². The lowest BCUT2D eigenvalue weighted by Gasteiger charge is -2.37. The largest absolute Gasteiger partial charge is 0.489 e. The number of hydrogen-bond donors (Lipinski definition) is 1. The quantitative estimate of drug-likeness (QED) is 0.262. The van der Waals surface area contributed by atoms with Gasteiger partial charge in [0, 0.05) is 56.6 Å². The molecule has 10 nitrogen and oxygen atoms in total. The highest BCUT2D eigenvalue weighted by atomic mass is 32.1. The summed E-state index contributed by atoms with van der Waals surface area (Å²) in [6.45, 7) is 5.38. The molecule has 3 aromatic rings. The Morgan fingerprint density at radius 3 is 2.30 bits per heavy atom. The number of nitro benzene ring substituents is 1. The van der Waals surface area contributed by atoms with Crippen LogP contribution in [0.3, 0.4) is 0 Å². The standard InChI is InChI=1S/C29H31N5O5S/c35-28(23-6-9-25(10-7-23)39-21-22-4-2-1-3-5-22)30-29(40)33-14-12-31(13-15-33)24-8-11-26(34(36)37)27(20-24)32-16-18-38-19-17-32/h1-11,20H,12-19,21H2,(H,30,35,40). The molecule has 5 rings (SSSR count). The highest BCUT2D eigenvalue weighted by Crippen LogP contribution is 2.33. The van der Waals surface area contributed by atoms with Gasteiger partial charge in [-0.05, 0) is 54.2 Å². The lowest BCUT2D eigenvalue weighted by molar-refractivity contribution is -0.384. The molecular formula is C29H31N5O5S. The summed E-state index contributed by atoms with van der Waals surface area (Å²) in [4.78, 5) is 30.3.